The normalized spacial score (nSPS) is 15.5. The number of isothiocyanates is 1. The van der Waals surface area contributed by atoms with Gasteiger partial charge in [0.15, 0.2) is 0 Å². The summed E-state index contributed by atoms with van der Waals surface area (Å²) in [5.74, 6) is 1.76. The number of thiocarbonyl (C=S) groups is 2. The minimum atomic E-state index is 0.195. The van der Waals surface area contributed by atoms with Crippen LogP contribution in [0.15, 0.2) is 54.0 Å². The molecule has 0 aliphatic carbocycles. The molecule has 2 N–H and O–H groups in total. The number of aromatic nitrogens is 2. The van der Waals surface area contributed by atoms with Gasteiger partial charge in [0.1, 0.15) is 0 Å². The van der Waals surface area contributed by atoms with Gasteiger partial charge in [-0.15, -0.1) is 0 Å². The van der Waals surface area contributed by atoms with E-state index in [0.29, 0.717) is 5.92 Å². The quantitative estimate of drug-likeness (QED) is 0.360. The van der Waals surface area contributed by atoms with Gasteiger partial charge in [0.05, 0.1) is 17.0 Å². The summed E-state index contributed by atoms with van der Waals surface area (Å²) in [4.78, 5) is 38.8. The summed E-state index contributed by atoms with van der Waals surface area (Å²) in [5, 5.41) is 2.25. The van der Waals surface area contributed by atoms with E-state index in [4.69, 9.17) is 18.0 Å². The Bertz CT molecular complexity index is 1080. The molecule has 10 heteroatoms. The third kappa shape index (κ3) is 13.4. The molecule has 0 bridgehead atoms. The van der Waals surface area contributed by atoms with Crippen LogP contribution < -0.4 is 5.73 Å². The summed E-state index contributed by atoms with van der Waals surface area (Å²) in [7, 11) is 0. The van der Waals surface area contributed by atoms with Crippen molar-refractivity contribution >= 4 is 52.0 Å². The van der Waals surface area contributed by atoms with Gasteiger partial charge in [0, 0.05) is 65.0 Å². The number of nitrogens with two attached hydrogens (primary N) is 1. The molecule has 2 amide bonds. The molecule has 2 fully saturated rings. The highest BCUT2D eigenvalue weighted by Gasteiger charge is 2.21. The first-order chi connectivity index (χ1) is 19.3. The van der Waals surface area contributed by atoms with Crippen molar-refractivity contribution in [1.29, 1.82) is 0 Å². The van der Waals surface area contributed by atoms with Crippen molar-refractivity contribution < 1.29 is 9.59 Å². The molecule has 4 rings (SSSR count). The largest absolute Gasteiger partial charge is 0.343 e. The highest BCUT2D eigenvalue weighted by molar-refractivity contribution is 7.80. The zero-order valence-electron chi connectivity index (χ0n) is 23.7. The molecule has 0 saturated carbocycles. The lowest BCUT2D eigenvalue weighted by molar-refractivity contribution is -0.131. The van der Waals surface area contributed by atoms with Crippen LogP contribution in [-0.4, -0.2) is 74.3 Å². The second-order valence-electron chi connectivity index (χ2n) is 10.2. The van der Waals surface area contributed by atoms with Crippen molar-refractivity contribution in [3.8, 4) is 0 Å². The first-order valence-electron chi connectivity index (χ1n) is 13.9. The molecular formula is C30H42N6O2S2. The Labute approximate surface area is 249 Å². The fourth-order valence-corrected chi connectivity index (χ4v) is 5.07. The molecule has 216 valence electrons. The summed E-state index contributed by atoms with van der Waals surface area (Å²) >= 11 is 9.87. The first kappa shape index (κ1) is 33.3. The molecule has 40 heavy (non-hydrogen) atoms. The fraction of sp³-hybridized carbons (Fsp3) is 0.533. The predicted molar refractivity (Wildman–Crippen MR) is 168 cm³/mol. The van der Waals surface area contributed by atoms with Gasteiger partial charge in [0.2, 0.25) is 11.8 Å². The Balaban J connectivity index is 0.000000235. The van der Waals surface area contributed by atoms with Gasteiger partial charge in [-0.25, -0.2) is 0 Å². The van der Waals surface area contributed by atoms with E-state index in [1.54, 1.807) is 38.5 Å². The molecule has 0 unspecified atom stereocenters. The summed E-state index contributed by atoms with van der Waals surface area (Å²) in [6.07, 6.45) is 14.4. The van der Waals surface area contributed by atoms with Gasteiger partial charge in [-0.05, 0) is 97.8 Å². The number of nitrogens with zero attached hydrogens (tertiary/aromatic N) is 5. The van der Waals surface area contributed by atoms with Gasteiger partial charge >= 0.3 is 0 Å². The van der Waals surface area contributed by atoms with Gasteiger partial charge in [0.25, 0.3) is 0 Å². The van der Waals surface area contributed by atoms with E-state index in [0.717, 1.165) is 94.1 Å². The van der Waals surface area contributed by atoms with Gasteiger partial charge < -0.3 is 15.5 Å². The smallest absolute Gasteiger partial charge is 0.219 e. The highest BCUT2D eigenvalue weighted by atomic mass is 32.1. The lowest BCUT2D eigenvalue weighted by Gasteiger charge is -2.31. The third-order valence-electron chi connectivity index (χ3n) is 7.23. The maximum absolute atomic E-state index is 11.3. The van der Waals surface area contributed by atoms with Gasteiger partial charge in [-0.1, -0.05) is 18.3 Å². The zero-order valence-corrected chi connectivity index (χ0v) is 25.3. The molecule has 0 spiro atoms. The molecule has 2 aromatic rings. The Kier molecular flexibility index (Phi) is 16.0. The van der Waals surface area contributed by atoms with Crippen LogP contribution >= 0.6 is 24.4 Å². The SMILES string of the molecule is CC(=O)N1CCC(CCC(=S)Cc2cccnc2)CC1.CC(=O)N1CCC(CN)CC1.S=C=Nc1cccnc1. The van der Waals surface area contributed by atoms with E-state index in [1.807, 2.05) is 28.1 Å². The number of aliphatic imine (C=N–C) groups is 1. The fourth-order valence-electron chi connectivity index (χ4n) is 4.68. The third-order valence-corrected chi connectivity index (χ3v) is 7.67. The van der Waals surface area contributed by atoms with Crippen molar-refractivity contribution in [1.82, 2.24) is 19.8 Å². The average molecular weight is 583 g/mol. The number of amides is 2. The molecule has 2 aliphatic rings. The summed E-state index contributed by atoms with van der Waals surface area (Å²) in [5.41, 5.74) is 7.46. The number of carbonyl (C=O) groups excluding carboxylic acids is 2. The molecule has 0 radical (unpaired) electrons. The molecule has 8 nitrogen and oxygen atoms in total. The van der Waals surface area contributed by atoms with Crippen LogP contribution in [0.5, 0.6) is 0 Å². The molecule has 0 aromatic carbocycles. The number of piperidine rings is 2. The van der Waals surface area contributed by atoms with Gasteiger partial charge in [-0.2, -0.15) is 4.99 Å². The topological polar surface area (TPSA) is 105 Å². The van der Waals surface area contributed by atoms with Crippen molar-refractivity contribution in [2.75, 3.05) is 32.7 Å². The Morgan fingerprint density at radius 2 is 1.50 bits per heavy atom. The van der Waals surface area contributed by atoms with Crippen LogP contribution in [0.4, 0.5) is 5.69 Å². The molecule has 0 atom stereocenters. The Morgan fingerprint density at radius 3 is 1.95 bits per heavy atom. The highest BCUT2D eigenvalue weighted by Crippen LogP contribution is 2.22. The second kappa shape index (κ2) is 19.2. The monoisotopic (exact) mass is 582 g/mol. The molecule has 2 aromatic heterocycles. The number of hydrogen-bond acceptors (Lipinski definition) is 8. The van der Waals surface area contributed by atoms with Crippen LogP contribution in [0.2, 0.25) is 0 Å². The van der Waals surface area contributed by atoms with E-state index in [1.165, 1.54) is 5.56 Å². The van der Waals surface area contributed by atoms with Crippen molar-refractivity contribution in [2.24, 2.45) is 22.6 Å². The maximum Gasteiger partial charge on any atom is 0.219 e. The number of carbonyl (C=O) groups is 2. The van der Waals surface area contributed by atoms with Gasteiger partial charge in [-0.3, -0.25) is 19.6 Å². The first-order valence-corrected chi connectivity index (χ1v) is 14.7. The van der Waals surface area contributed by atoms with E-state index in [2.05, 4.69) is 38.4 Å². The van der Waals surface area contributed by atoms with E-state index in [9.17, 15) is 9.59 Å². The number of rotatable bonds is 7. The zero-order chi connectivity index (χ0) is 29.2. The van der Waals surface area contributed by atoms with Crippen LogP contribution in [0.1, 0.15) is 57.9 Å². The van der Waals surface area contributed by atoms with Crippen LogP contribution in [-0.2, 0) is 16.0 Å². The maximum atomic E-state index is 11.3. The minimum Gasteiger partial charge on any atom is -0.343 e. The minimum absolute atomic E-state index is 0.195. The standard InChI is InChI=1S/C16H22N2OS.C8H16N2O.C6H4N2S/c1-13(19)18-9-6-14(7-10-18)4-5-16(20)11-15-3-2-8-17-12-15;1-7(11)10-4-2-8(6-9)3-5-10;9-5-8-6-2-1-3-7-4-6/h2-3,8,12,14H,4-7,9-11H2,1H3;8H,2-6,9H2,1H3;1-4H. The van der Waals surface area contributed by atoms with E-state index >= 15 is 0 Å². The molecule has 2 saturated heterocycles. The lowest BCUT2D eigenvalue weighted by atomic mass is 9.91. The number of hydrogen-bond donors (Lipinski definition) is 1. The molecule has 2 aliphatic heterocycles. The Morgan fingerprint density at radius 1 is 0.950 bits per heavy atom. The van der Waals surface area contributed by atoms with Crippen molar-refractivity contribution in [2.45, 2.75) is 58.8 Å². The summed E-state index contributed by atoms with van der Waals surface area (Å²) in [6, 6.07) is 7.64. The second-order valence-corrected chi connectivity index (χ2v) is 10.9. The van der Waals surface area contributed by atoms with E-state index in [-0.39, 0.29) is 11.8 Å². The predicted octanol–water partition coefficient (Wildman–Crippen LogP) is 5.05. The number of likely N-dealkylation sites (tertiary alicyclic amines) is 2. The van der Waals surface area contributed by atoms with Crippen molar-refractivity contribution in [3.05, 3.63) is 54.6 Å². The van der Waals surface area contributed by atoms with Crippen LogP contribution in [0, 0.1) is 11.8 Å². The molecular weight excluding hydrogens is 541 g/mol. The van der Waals surface area contributed by atoms with Crippen LogP contribution in [0.25, 0.3) is 0 Å². The summed E-state index contributed by atoms with van der Waals surface area (Å²) in [6.45, 7) is 7.68. The Hall–Kier alpha value is -2.91. The average Bonchev–Trinajstić information content (AvgIpc) is 2.98. The summed E-state index contributed by atoms with van der Waals surface area (Å²) < 4.78 is 0. The number of pyridine rings is 2. The lowest BCUT2D eigenvalue weighted by Crippen LogP contribution is -2.38. The van der Waals surface area contributed by atoms with E-state index < -0.39 is 0 Å². The van der Waals surface area contributed by atoms with Crippen LogP contribution in [0.3, 0.4) is 0 Å². The van der Waals surface area contributed by atoms with Crippen molar-refractivity contribution in [3.63, 3.8) is 0 Å². The molecule has 4 heterocycles.